The van der Waals surface area contributed by atoms with Crippen molar-refractivity contribution in [1.29, 1.82) is 0 Å². The summed E-state index contributed by atoms with van der Waals surface area (Å²) in [5.74, 6) is -1.51. The van der Waals surface area contributed by atoms with Crippen molar-refractivity contribution >= 4 is 23.2 Å². The summed E-state index contributed by atoms with van der Waals surface area (Å²) < 4.78 is 6.92. The first kappa shape index (κ1) is 20.5. The monoisotopic (exact) mass is 393 g/mol. The Kier molecular flexibility index (Phi) is 7.00. The largest absolute Gasteiger partial charge is 0.508 e. The van der Waals surface area contributed by atoms with Gasteiger partial charge in [-0.1, -0.05) is 24.7 Å². The van der Waals surface area contributed by atoms with Gasteiger partial charge in [0.05, 0.1) is 12.2 Å². The number of rotatable bonds is 7. The summed E-state index contributed by atoms with van der Waals surface area (Å²) in [5.41, 5.74) is 2.99. The lowest BCUT2D eigenvalue weighted by Gasteiger charge is -2.06. The Morgan fingerprint density at radius 1 is 1.30 bits per heavy atom. The smallest absolute Gasteiger partial charge is 0.350 e. The number of phenols is 2. The topological polar surface area (TPSA) is 113 Å². The van der Waals surface area contributed by atoms with E-state index in [0.717, 1.165) is 35.9 Å². The number of thiazole rings is 1. The van der Waals surface area contributed by atoms with Gasteiger partial charge < -0.3 is 19.5 Å². The Balaban J connectivity index is 2.37. The maximum Gasteiger partial charge on any atom is 0.350 e. The number of unbranched alkanes of at least 4 members (excludes halogenated alkanes) is 1. The minimum absolute atomic E-state index is 0.0993. The number of benzene rings is 1. The standard InChI is InChI=1S/C18H23N3O5S/c1-4-6-9-21-11(3)15(17(25)26-5-2)27-18(21)20-19-16(24)13-10-12(22)7-8-14(13)23/h7-8,10,22-23H,4-6,9H2,1-3H3,(H,19,24)/b20-18+. The van der Waals surface area contributed by atoms with E-state index in [0.29, 0.717) is 16.2 Å². The van der Waals surface area contributed by atoms with Crippen LogP contribution in [0.4, 0.5) is 0 Å². The van der Waals surface area contributed by atoms with E-state index in [-0.39, 0.29) is 23.7 Å². The molecule has 0 aliphatic carbocycles. The molecule has 8 nitrogen and oxygen atoms in total. The zero-order valence-electron chi connectivity index (χ0n) is 15.5. The third-order valence-corrected chi connectivity index (χ3v) is 4.99. The van der Waals surface area contributed by atoms with Gasteiger partial charge in [0, 0.05) is 12.2 Å². The molecule has 0 aliphatic rings. The van der Waals surface area contributed by atoms with Crippen LogP contribution in [0.25, 0.3) is 0 Å². The Labute approximate surface area is 160 Å². The highest BCUT2D eigenvalue weighted by Crippen LogP contribution is 2.21. The quantitative estimate of drug-likeness (QED) is 0.380. The molecule has 0 radical (unpaired) electrons. The number of aromatic hydroxyl groups is 2. The van der Waals surface area contributed by atoms with Crippen LogP contribution in [0.1, 0.15) is 52.4 Å². The van der Waals surface area contributed by atoms with E-state index in [1.807, 2.05) is 4.57 Å². The maximum atomic E-state index is 12.3. The van der Waals surface area contributed by atoms with Crippen molar-refractivity contribution in [1.82, 2.24) is 9.99 Å². The van der Waals surface area contributed by atoms with Gasteiger partial charge >= 0.3 is 5.97 Å². The number of phenolic OH excluding ortho intramolecular Hbond substituents is 2. The summed E-state index contributed by atoms with van der Waals surface area (Å²) >= 11 is 1.12. The molecular formula is C18H23N3O5S. The number of amides is 1. The van der Waals surface area contributed by atoms with E-state index in [1.54, 1.807) is 13.8 Å². The van der Waals surface area contributed by atoms with Crippen LogP contribution < -0.4 is 10.2 Å². The van der Waals surface area contributed by atoms with Crippen molar-refractivity contribution in [2.45, 2.75) is 40.2 Å². The van der Waals surface area contributed by atoms with Crippen molar-refractivity contribution in [3.8, 4) is 11.5 Å². The van der Waals surface area contributed by atoms with E-state index < -0.39 is 11.9 Å². The van der Waals surface area contributed by atoms with Crippen LogP contribution >= 0.6 is 11.3 Å². The Morgan fingerprint density at radius 2 is 2.04 bits per heavy atom. The van der Waals surface area contributed by atoms with Crippen LogP contribution in [0.2, 0.25) is 0 Å². The van der Waals surface area contributed by atoms with Crippen molar-refractivity contribution < 1.29 is 24.5 Å². The first-order valence-electron chi connectivity index (χ1n) is 8.62. The van der Waals surface area contributed by atoms with Gasteiger partial charge in [-0.05, 0) is 38.5 Å². The van der Waals surface area contributed by atoms with Crippen molar-refractivity contribution in [2.24, 2.45) is 5.10 Å². The van der Waals surface area contributed by atoms with Gasteiger partial charge in [0.2, 0.25) is 4.80 Å². The number of nitrogens with one attached hydrogen (secondary N) is 1. The van der Waals surface area contributed by atoms with E-state index in [9.17, 15) is 19.8 Å². The van der Waals surface area contributed by atoms with Crippen LogP contribution in [-0.4, -0.2) is 33.3 Å². The predicted octanol–water partition coefficient (Wildman–Crippen LogP) is 2.49. The number of aromatic nitrogens is 1. The first-order chi connectivity index (χ1) is 12.9. The minimum Gasteiger partial charge on any atom is -0.508 e. The molecule has 2 aromatic rings. The molecule has 0 atom stereocenters. The number of esters is 1. The minimum atomic E-state index is -0.672. The number of carbonyl (C=O) groups excluding carboxylic acids is 2. The van der Waals surface area contributed by atoms with Gasteiger partial charge in [-0.2, -0.15) is 0 Å². The molecule has 1 aromatic carbocycles. The maximum absolute atomic E-state index is 12.3. The van der Waals surface area contributed by atoms with E-state index in [1.165, 1.54) is 12.1 Å². The molecular weight excluding hydrogens is 370 g/mol. The van der Waals surface area contributed by atoms with Crippen molar-refractivity contribution in [3.05, 3.63) is 39.1 Å². The number of carbonyl (C=O) groups is 2. The lowest BCUT2D eigenvalue weighted by atomic mass is 10.2. The van der Waals surface area contributed by atoms with Gasteiger partial charge in [-0.3, -0.25) is 4.79 Å². The molecule has 1 amide bonds. The highest BCUT2D eigenvalue weighted by molar-refractivity contribution is 7.11. The fourth-order valence-corrected chi connectivity index (χ4v) is 3.41. The second-order valence-electron chi connectivity index (χ2n) is 5.78. The van der Waals surface area contributed by atoms with E-state index in [2.05, 4.69) is 17.5 Å². The Morgan fingerprint density at radius 3 is 2.70 bits per heavy atom. The highest BCUT2D eigenvalue weighted by atomic mass is 32.1. The summed E-state index contributed by atoms with van der Waals surface area (Å²) in [5, 5.41) is 23.4. The Bertz CT molecular complexity index is 901. The number of nitrogens with zero attached hydrogens (tertiary/aromatic N) is 2. The van der Waals surface area contributed by atoms with E-state index >= 15 is 0 Å². The number of hydrogen-bond donors (Lipinski definition) is 3. The fraction of sp³-hybridized carbons (Fsp3) is 0.389. The zero-order chi connectivity index (χ0) is 20.0. The molecule has 0 aliphatic heterocycles. The molecule has 146 valence electrons. The van der Waals surface area contributed by atoms with Gasteiger partial charge in [0.15, 0.2) is 0 Å². The lowest BCUT2D eigenvalue weighted by molar-refractivity contribution is 0.0530. The van der Waals surface area contributed by atoms with Crippen LogP contribution in [-0.2, 0) is 11.3 Å². The van der Waals surface area contributed by atoms with Crippen LogP contribution in [0, 0.1) is 6.92 Å². The van der Waals surface area contributed by atoms with Crippen LogP contribution in [0.5, 0.6) is 11.5 Å². The summed E-state index contributed by atoms with van der Waals surface area (Å²) in [6, 6.07) is 3.64. The summed E-state index contributed by atoms with van der Waals surface area (Å²) in [6.07, 6.45) is 1.84. The second-order valence-corrected chi connectivity index (χ2v) is 6.76. The van der Waals surface area contributed by atoms with Gasteiger partial charge in [0.25, 0.3) is 5.91 Å². The molecule has 27 heavy (non-hydrogen) atoms. The molecule has 0 spiro atoms. The average Bonchev–Trinajstić information content (AvgIpc) is 2.96. The molecule has 1 heterocycles. The molecule has 2 rings (SSSR count). The molecule has 0 saturated carbocycles. The predicted molar refractivity (Wildman–Crippen MR) is 101 cm³/mol. The fourth-order valence-electron chi connectivity index (χ4n) is 2.40. The summed E-state index contributed by atoms with van der Waals surface area (Å²) in [4.78, 5) is 25.3. The lowest BCUT2D eigenvalue weighted by Crippen LogP contribution is -2.25. The second kappa shape index (κ2) is 9.22. The molecule has 1 aromatic heterocycles. The molecule has 0 fully saturated rings. The number of hydrogen-bond acceptors (Lipinski definition) is 7. The Hall–Kier alpha value is -2.81. The van der Waals surface area contributed by atoms with Gasteiger partial charge in [0.1, 0.15) is 16.4 Å². The SMILES string of the molecule is CCCCn1c(C)c(C(=O)OCC)s/c1=N/NC(=O)c1cc(O)ccc1O. The molecule has 0 bridgehead atoms. The summed E-state index contributed by atoms with van der Waals surface area (Å²) in [6.45, 7) is 6.51. The number of ether oxygens (including phenoxy) is 1. The molecule has 3 N–H and O–H groups in total. The highest BCUT2D eigenvalue weighted by Gasteiger charge is 2.18. The molecule has 9 heteroatoms. The van der Waals surface area contributed by atoms with Gasteiger partial charge in [-0.15, -0.1) is 5.10 Å². The molecule has 0 saturated heterocycles. The zero-order valence-corrected chi connectivity index (χ0v) is 16.3. The van der Waals surface area contributed by atoms with Gasteiger partial charge in [-0.25, -0.2) is 10.2 Å². The van der Waals surface area contributed by atoms with Crippen LogP contribution in [0.15, 0.2) is 23.3 Å². The average molecular weight is 393 g/mol. The first-order valence-corrected chi connectivity index (χ1v) is 9.44. The van der Waals surface area contributed by atoms with Crippen LogP contribution in [0.3, 0.4) is 0 Å². The normalized spacial score (nSPS) is 11.4. The third-order valence-electron chi connectivity index (χ3n) is 3.83. The van der Waals surface area contributed by atoms with E-state index in [4.69, 9.17) is 4.74 Å². The molecule has 0 unspecified atom stereocenters. The third kappa shape index (κ3) is 4.88. The summed E-state index contributed by atoms with van der Waals surface area (Å²) in [7, 11) is 0. The van der Waals surface area contributed by atoms with Crippen molar-refractivity contribution in [3.63, 3.8) is 0 Å². The van der Waals surface area contributed by atoms with Crippen molar-refractivity contribution in [2.75, 3.05) is 6.61 Å².